The lowest BCUT2D eigenvalue weighted by Crippen LogP contribution is -2.28. The van der Waals surface area contributed by atoms with E-state index in [1.807, 2.05) is 6.92 Å². The first-order chi connectivity index (χ1) is 17.7. The fourth-order valence-electron chi connectivity index (χ4n) is 2.77. The molecule has 1 aliphatic rings. The van der Waals surface area contributed by atoms with Crippen molar-refractivity contribution in [2.45, 2.75) is 65.1 Å². The Labute approximate surface area is 220 Å². The van der Waals surface area contributed by atoms with Gasteiger partial charge in [-0.05, 0) is 52.0 Å². The number of esters is 3. The van der Waals surface area contributed by atoms with Gasteiger partial charge in [0.1, 0.15) is 32.7 Å². The summed E-state index contributed by atoms with van der Waals surface area (Å²) in [7, 11) is 0. The van der Waals surface area contributed by atoms with E-state index in [9.17, 15) is 14.4 Å². The maximum Gasteiger partial charge on any atom is 0.333 e. The topological polar surface area (TPSA) is 116 Å². The van der Waals surface area contributed by atoms with Crippen molar-refractivity contribution < 1.29 is 47.8 Å². The molecular formula is C27H42O10. The molecule has 0 bridgehead atoms. The highest BCUT2D eigenvalue weighted by Crippen LogP contribution is 2.23. The molecule has 10 heteroatoms. The Kier molecular flexibility index (Phi) is 20.5. The third-order valence-corrected chi connectivity index (χ3v) is 4.69. The number of hydrogen-bond donors (Lipinski definition) is 0. The molecule has 0 N–H and O–H groups in total. The van der Waals surface area contributed by atoms with E-state index in [2.05, 4.69) is 34.2 Å². The molecule has 1 aliphatic carbocycles. The monoisotopic (exact) mass is 526 g/mol. The van der Waals surface area contributed by atoms with Gasteiger partial charge in [0.15, 0.2) is 0 Å². The summed E-state index contributed by atoms with van der Waals surface area (Å²) in [5.74, 6) is -1.24. The number of carbonyl (C=O) groups is 3. The second-order valence-corrected chi connectivity index (χ2v) is 8.04. The summed E-state index contributed by atoms with van der Waals surface area (Å²) in [5, 5.41) is 0. The first kappa shape index (κ1) is 34.0. The molecule has 1 rings (SSSR count). The lowest BCUT2D eigenvalue weighted by molar-refractivity contribution is -0.254. The average molecular weight is 527 g/mol. The Morgan fingerprint density at radius 3 is 1.62 bits per heavy atom. The van der Waals surface area contributed by atoms with E-state index >= 15 is 0 Å². The molecule has 0 atom stereocenters. The van der Waals surface area contributed by atoms with Crippen molar-refractivity contribution in [1.82, 2.24) is 0 Å². The average Bonchev–Trinajstić information content (AvgIpc) is 2.89. The molecule has 210 valence electrons. The molecular weight excluding hydrogens is 484 g/mol. The Bertz CT molecular complexity index is 693. The normalized spacial score (nSPS) is 16.6. The van der Waals surface area contributed by atoms with Gasteiger partial charge in [-0.3, -0.25) is 0 Å². The van der Waals surface area contributed by atoms with Gasteiger partial charge in [0.05, 0.1) is 25.4 Å². The van der Waals surface area contributed by atoms with Gasteiger partial charge >= 0.3 is 17.9 Å². The highest BCUT2D eigenvalue weighted by Gasteiger charge is 2.22. The highest BCUT2D eigenvalue weighted by molar-refractivity contribution is 5.87. The first-order valence-electron chi connectivity index (χ1n) is 12.3. The first-order valence-corrected chi connectivity index (χ1v) is 12.3. The van der Waals surface area contributed by atoms with Crippen LogP contribution in [-0.4, -0.2) is 69.8 Å². The van der Waals surface area contributed by atoms with Crippen molar-refractivity contribution in [1.29, 1.82) is 0 Å². The van der Waals surface area contributed by atoms with Gasteiger partial charge in [-0.15, -0.1) is 0 Å². The fraction of sp³-hybridized carbons (Fsp3) is 0.593. The zero-order chi connectivity index (χ0) is 27.9. The number of rotatable bonds is 17. The SMILES string of the molecule is C=C(C)C(=O)OCCOC1CCC(OCCOC(=O)C(=C)C)CC1.C=CC(=O)OCCOOC=CCC. The number of carbonyl (C=O) groups excluding carboxylic acids is 3. The number of hydrogen-bond acceptors (Lipinski definition) is 10. The predicted octanol–water partition coefficient (Wildman–Crippen LogP) is 4.16. The Hall–Kier alpha value is -2.95. The molecule has 0 aromatic rings. The Balaban J connectivity index is 0.000000845. The molecule has 0 aromatic carbocycles. The van der Waals surface area contributed by atoms with E-state index in [0.29, 0.717) is 24.4 Å². The molecule has 0 unspecified atom stereocenters. The minimum absolute atomic E-state index is 0.158. The third-order valence-electron chi connectivity index (χ3n) is 4.69. The second kappa shape index (κ2) is 22.3. The van der Waals surface area contributed by atoms with Crippen LogP contribution in [0.5, 0.6) is 0 Å². The molecule has 0 aliphatic heterocycles. The van der Waals surface area contributed by atoms with Crippen molar-refractivity contribution >= 4 is 17.9 Å². The van der Waals surface area contributed by atoms with Crippen LogP contribution in [0.4, 0.5) is 0 Å². The summed E-state index contributed by atoms with van der Waals surface area (Å²) in [6, 6.07) is 0. The van der Waals surface area contributed by atoms with Gasteiger partial charge in [-0.2, -0.15) is 4.89 Å². The Morgan fingerprint density at radius 2 is 1.22 bits per heavy atom. The van der Waals surface area contributed by atoms with Crippen LogP contribution >= 0.6 is 0 Å². The minimum Gasteiger partial charge on any atom is -0.460 e. The van der Waals surface area contributed by atoms with E-state index < -0.39 is 5.97 Å². The standard InChI is InChI=1S/C18H28O6.C9H14O4/c1-13(2)17(19)23-11-9-21-15-5-7-16(8-6-15)22-10-12-24-18(20)14(3)4;1-3-5-6-12-13-8-7-11-9(10)4-2/h15-16H,1,3,5-12H2,2,4H3;4-6H,2-3,7-8H2,1H3. The van der Waals surface area contributed by atoms with Gasteiger partial charge in [0.25, 0.3) is 0 Å². The smallest absolute Gasteiger partial charge is 0.333 e. The molecule has 0 heterocycles. The van der Waals surface area contributed by atoms with Gasteiger partial charge in [0.2, 0.25) is 0 Å². The van der Waals surface area contributed by atoms with Crippen LogP contribution in [0.3, 0.4) is 0 Å². The lowest BCUT2D eigenvalue weighted by Gasteiger charge is -2.28. The maximum absolute atomic E-state index is 11.2. The van der Waals surface area contributed by atoms with Crippen LogP contribution in [-0.2, 0) is 47.8 Å². The summed E-state index contributed by atoms with van der Waals surface area (Å²) in [6.45, 7) is 17.1. The maximum atomic E-state index is 11.2. The molecule has 0 saturated heterocycles. The van der Waals surface area contributed by atoms with Gasteiger partial charge in [0, 0.05) is 17.2 Å². The van der Waals surface area contributed by atoms with Crippen molar-refractivity contribution in [3.8, 4) is 0 Å². The van der Waals surface area contributed by atoms with E-state index in [0.717, 1.165) is 38.2 Å². The summed E-state index contributed by atoms with van der Waals surface area (Å²) >= 11 is 0. The molecule has 0 aromatic heterocycles. The van der Waals surface area contributed by atoms with Crippen LogP contribution in [0.15, 0.2) is 49.3 Å². The van der Waals surface area contributed by atoms with E-state index in [1.54, 1.807) is 19.9 Å². The second-order valence-electron chi connectivity index (χ2n) is 8.04. The van der Waals surface area contributed by atoms with Crippen LogP contribution in [0.1, 0.15) is 52.9 Å². The molecule has 0 radical (unpaired) electrons. The quantitative estimate of drug-likeness (QED) is 0.0520. The van der Waals surface area contributed by atoms with Gasteiger partial charge in [-0.1, -0.05) is 26.7 Å². The summed E-state index contributed by atoms with van der Waals surface area (Å²) in [5.41, 5.74) is 0.781. The zero-order valence-electron chi connectivity index (χ0n) is 22.4. The summed E-state index contributed by atoms with van der Waals surface area (Å²) in [4.78, 5) is 42.1. The number of ether oxygens (including phenoxy) is 5. The lowest BCUT2D eigenvalue weighted by atomic mass is 9.95. The molecule has 1 fully saturated rings. The summed E-state index contributed by atoms with van der Waals surface area (Å²) < 4.78 is 26.0. The van der Waals surface area contributed by atoms with E-state index in [1.165, 1.54) is 6.26 Å². The zero-order valence-corrected chi connectivity index (χ0v) is 22.4. The molecule has 0 spiro atoms. The van der Waals surface area contributed by atoms with Crippen molar-refractivity contribution in [3.05, 3.63) is 49.3 Å². The predicted molar refractivity (Wildman–Crippen MR) is 137 cm³/mol. The molecule has 1 saturated carbocycles. The van der Waals surface area contributed by atoms with Crippen LogP contribution in [0.2, 0.25) is 0 Å². The van der Waals surface area contributed by atoms with Gasteiger partial charge in [-0.25, -0.2) is 14.4 Å². The van der Waals surface area contributed by atoms with Crippen molar-refractivity contribution in [2.75, 3.05) is 39.6 Å². The van der Waals surface area contributed by atoms with Crippen molar-refractivity contribution in [3.63, 3.8) is 0 Å². The van der Waals surface area contributed by atoms with Crippen molar-refractivity contribution in [2.24, 2.45) is 0 Å². The largest absolute Gasteiger partial charge is 0.460 e. The van der Waals surface area contributed by atoms with Crippen LogP contribution < -0.4 is 0 Å². The highest BCUT2D eigenvalue weighted by atomic mass is 17.2. The van der Waals surface area contributed by atoms with Crippen LogP contribution in [0.25, 0.3) is 0 Å². The van der Waals surface area contributed by atoms with Gasteiger partial charge < -0.3 is 28.6 Å². The van der Waals surface area contributed by atoms with Crippen LogP contribution in [0, 0.1) is 0 Å². The molecule has 37 heavy (non-hydrogen) atoms. The molecule has 10 nitrogen and oxygen atoms in total. The minimum atomic E-state index is -0.465. The number of allylic oxidation sites excluding steroid dienone is 1. The summed E-state index contributed by atoms with van der Waals surface area (Å²) in [6.07, 6.45) is 9.20. The molecule has 0 amide bonds. The fourth-order valence-corrected chi connectivity index (χ4v) is 2.77. The van der Waals surface area contributed by atoms with E-state index in [-0.39, 0.29) is 50.6 Å². The van der Waals surface area contributed by atoms with E-state index in [4.69, 9.17) is 18.9 Å². The third kappa shape index (κ3) is 19.9. The Morgan fingerprint density at radius 1 is 0.757 bits per heavy atom.